The largest absolute Gasteiger partial charge is 0.416 e. The minimum atomic E-state index is -4.46. The molecule has 0 spiro atoms. The topological polar surface area (TPSA) is 32.7 Å². The fourth-order valence-corrected chi connectivity index (χ4v) is 3.51. The lowest BCUT2D eigenvalue weighted by Crippen LogP contribution is -2.38. The van der Waals surface area contributed by atoms with Crippen molar-refractivity contribution >= 4 is 34.6 Å². The van der Waals surface area contributed by atoms with Gasteiger partial charge in [-0.25, -0.2) is 9.38 Å². The number of benzene rings is 2. The standard InChI is InChI=1S/C20H16F4N2OS/c21-16-8-5-14(6-9-16)7-10-18(27)26-11-2-12-28-19(26)25-17-4-1-3-15(13-17)20(22,23)24/h1,3-10,13H,2,11-12H2. The van der Waals surface area contributed by atoms with Gasteiger partial charge in [0.2, 0.25) is 0 Å². The average Bonchev–Trinajstić information content (AvgIpc) is 2.67. The van der Waals surface area contributed by atoms with Crippen LogP contribution in [-0.2, 0) is 11.0 Å². The van der Waals surface area contributed by atoms with Crippen molar-refractivity contribution in [2.75, 3.05) is 12.3 Å². The summed E-state index contributed by atoms with van der Waals surface area (Å²) in [7, 11) is 0. The Bertz CT molecular complexity index is 907. The maximum absolute atomic E-state index is 12.9. The van der Waals surface area contributed by atoms with Crippen molar-refractivity contribution in [3.8, 4) is 0 Å². The molecule has 8 heteroatoms. The molecule has 1 aliphatic heterocycles. The van der Waals surface area contributed by atoms with Gasteiger partial charge in [-0.15, -0.1) is 0 Å². The highest BCUT2D eigenvalue weighted by Crippen LogP contribution is 2.32. The first-order chi connectivity index (χ1) is 13.3. The quantitative estimate of drug-likeness (QED) is 0.496. The number of thioether (sulfide) groups is 1. The maximum atomic E-state index is 12.9. The van der Waals surface area contributed by atoms with E-state index in [4.69, 9.17) is 0 Å². The molecule has 146 valence electrons. The SMILES string of the molecule is O=C(C=Cc1ccc(F)cc1)N1CCCSC1=Nc1cccc(C(F)(F)F)c1. The zero-order valence-electron chi connectivity index (χ0n) is 14.6. The van der Waals surface area contributed by atoms with E-state index in [2.05, 4.69) is 4.99 Å². The zero-order chi connectivity index (χ0) is 20.1. The Morgan fingerprint density at radius 2 is 1.89 bits per heavy atom. The van der Waals surface area contributed by atoms with Crippen LogP contribution in [-0.4, -0.2) is 28.3 Å². The van der Waals surface area contributed by atoms with Crippen LogP contribution in [0.3, 0.4) is 0 Å². The smallest absolute Gasteiger partial charge is 0.288 e. The van der Waals surface area contributed by atoms with Gasteiger partial charge < -0.3 is 0 Å². The number of carbonyl (C=O) groups is 1. The van der Waals surface area contributed by atoms with E-state index in [9.17, 15) is 22.4 Å². The molecule has 0 atom stereocenters. The van der Waals surface area contributed by atoms with E-state index in [0.717, 1.165) is 24.3 Å². The van der Waals surface area contributed by atoms with Gasteiger partial charge in [0.15, 0.2) is 5.17 Å². The molecule has 1 amide bonds. The number of rotatable bonds is 3. The van der Waals surface area contributed by atoms with Crippen molar-refractivity contribution in [2.45, 2.75) is 12.6 Å². The molecule has 1 aliphatic rings. The molecular weight excluding hydrogens is 392 g/mol. The second-order valence-electron chi connectivity index (χ2n) is 6.02. The van der Waals surface area contributed by atoms with Crippen LogP contribution in [0.5, 0.6) is 0 Å². The normalized spacial score (nSPS) is 16.7. The Morgan fingerprint density at radius 1 is 1.14 bits per heavy atom. The third-order valence-electron chi connectivity index (χ3n) is 3.94. The fourth-order valence-electron chi connectivity index (χ4n) is 2.55. The molecule has 0 unspecified atom stereocenters. The third-order valence-corrected chi connectivity index (χ3v) is 5.00. The summed E-state index contributed by atoms with van der Waals surface area (Å²) in [6.07, 6.45) is -0.796. The second kappa shape index (κ2) is 8.60. The molecule has 0 aliphatic carbocycles. The van der Waals surface area contributed by atoms with Crippen LogP contribution in [0.25, 0.3) is 6.08 Å². The molecule has 0 N–H and O–H groups in total. The number of carbonyl (C=O) groups excluding carboxylic acids is 1. The van der Waals surface area contributed by atoms with Crippen molar-refractivity contribution in [3.05, 3.63) is 71.6 Å². The summed E-state index contributed by atoms with van der Waals surface area (Å²) in [5, 5.41) is 0.360. The van der Waals surface area contributed by atoms with Gasteiger partial charge >= 0.3 is 6.18 Å². The van der Waals surface area contributed by atoms with Crippen LogP contribution >= 0.6 is 11.8 Å². The summed E-state index contributed by atoms with van der Waals surface area (Å²) < 4.78 is 51.6. The maximum Gasteiger partial charge on any atom is 0.416 e. The Labute approximate surface area is 163 Å². The number of hydrogen-bond acceptors (Lipinski definition) is 3. The second-order valence-corrected chi connectivity index (χ2v) is 7.08. The number of alkyl halides is 3. The molecule has 3 nitrogen and oxygen atoms in total. The van der Waals surface area contributed by atoms with E-state index >= 15 is 0 Å². The van der Waals surface area contributed by atoms with E-state index in [0.29, 0.717) is 17.3 Å². The van der Waals surface area contributed by atoms with E-state index in [1.165, 1.54) is 47.0 Å². The van der Waals surface area contributed by atoms with Crippen molar-refractivity contribution in [1.82, 2.24) is 4.90 Å². The third kappa shape index (κ3) is 5.22. The predicted molar refractivity (Wildman–Crippen MR) is 103 cm³/mol. The van der Waals surface area contributed by atoms with E-state index in [1.54, 1.807) is 18.2 Å². The van der Waals surface area contributed by atoms with Crippen LogP contribution in [0.1, 0.15) is 17.5 Å². The number of halogens is 4. The summed E-state index contributed by atoms with van der Waals surface area (Å²) >= 11 is 1.32. The Balaban J connectivity index is 1.81. The molecule has 28 heavy (non-hydrogen) atoms. The summed E-state index contributed by atoms with van der Waals surface area (Å²) in [4.78, 5) is 18.3. The van der Waals surface area contributed by atoms with Crippen molar-refractivity contribution < 1.29 is 22.4 Å². The Morgan fingerprint density at radius 3 is 2.61 bits per heavy atom. The number of amides is 1. The molecule has 2 aromatic rings. The predicted octanol–water partition coefficient (Wildman–Crippen LogP) is 5.51. The molecule has 3 rings (SSSR count). The van der Waals surface area contributed by atoms with E-state index < -0.39 is 11.7 Å². The first kappa shape index (κ1) is 20.1. The summed E-state index contributed by atoms with van der Waals surface area (Å²) in [6.45, 7) is 0.428. The van der Waals surface area contributed by atoms with Gasteiger partial charge in [-0.2, -0.15) is 13.2 Å². The molecule has 1 saturated heterocycles. The van der Waals surface area contributed by atoms with Gasteiger partial charge in [0, 0.05) is 18.4 Å². The van der Waals surface area contributed by atoms with Crippen LogP contribution < -0.4 is 0 Å². The van der Waals surface area contributed by atoms with Gasteiger partial charge in [0.05, 0.1) is 11.3 Å². The molecule has 0 saturated carbocycles. The number of hydrogen-bond donors (Lipinski definition) is 0. The zero-order valence-corrected chi connectivity index (χ0v) is 15.4. The van der Waals surface area contributed by atoms with Gasteiger partial charge in [-0.1, -0.05) is 30.0 Å². The van der Waals surface area contributed by atoms with E-state index in [1.807, 2.05) is 0 Å². The van der Waals surface area contributed by atoms with Gasteiger partial charge in [0.1, 0.15) is 5.82 Å². The highest BCUT2D eigenvalue weighted by molar-refractivity contribution is 8.13. The minimum Gasteiger partial charge on any atom is -0.288 e. The minimum absolute atomic E-state index is 0.138. The lowest BCUT2D eigenvalue weighted by Gasteiger charge is -2.26. The lowest BCUT2D eigenvalue weighted by molar-refractivity contribution is -0.137. The molecule has 1 heterocycles. The van der Waals surface area contributed by atoms with Crippen molar-refractivity contribution in [1.29, 1.82) is 0 Å². The Hall–Kier alpha value is -2.61. The van der Waals surface area contributed by atoms with Crippen LogP contribution in [0.2, 0.25) is 0 Å². The first-order valence-corrected chi connectivity index (χ1v) is 9.45. The molecule has 1 fully saturated rings. The molecule has 0 aromatic heterocycles. The lowest BCUT2D eigenvalue weighted by atomic mass is 10.2. The van der Waals surface area contributed by atoms with Crippen LogP contribution in [0, 0.1) is 5.82 Å². The highest BCUT2D eigenvalue weighted by Gasteiger charge is 2.30. The van der Waals surface area contributed by atoms with Gasteiger partial charge in [-0.05, 0) is 48.4 Å². The molecular formula is C20H16F4N2OS. The number of aliphatic imine (C=N–C) groups is 1. The van der Waals surface area contributed by atoms with Gasteiger partial charge in [-0.3, -0.25) is 9.69 Å². The van der Waals surface area contributed by atoms with Crippen molar-refractivity contribution in [3.63, 3.8) is 0 Å². The highest BCUT2D eigenvalue weighted by atomic mass is 32.2. The number of amidine groups is 1. The number of nitrogens with zero attached hydrogens (tertiary/aromatic N) is 2. The van der Waals surface area contributed by atoms with Crippen LogP contribution in [0.4, 0.5) is 23.2 Å². The monoisotopic (exact) mass is 408 g/mol. The van der Waals surface area contributed by atoms with Crippen LogP contribution in [0.15, 0.2) is 59.6 Å². The fraction of sp³-hybridized carbons (Fsp3) is 0.200. The molecule has 0 bridgehead atoms. The molecule has 0 radical (unpaired) electrons. The Kier molecular flexibility index (Phi) is 6.18. The van der Waals surface area contributed by atoms with Gasteiger partial charge in [0.25, 0.3) is 5.91 Å². The summed E-state index contributed by atoms with van der Waals surface area (Å²) in [6, 6.07) is 10.4. The van der Waals surface area contributed by atoms with E-state index in [-0.39, 0.29) is 17.4 Å². The first-order valence-electron chi connectivity index (χ1n) is 8.47. The van der Waals surface area contributed by atoms with Crippen molar-refractivity contribution in [2.24, 2.45) is 4.99 Å². The summed E-state index contributed by atoms with van der Waals surface area (Å²) in [5.41, 5.74) is 0.0135. The summed E-state index contributed by atoms with van der Waals surface area (Å²) in [5.74, 6) is 0.0251. The molecule has 2 aromatic carbocycles. The average molecular weight is 408 g/mol.